The molecule has 1 aromatic carbocycles. The molecule has 0 spiro atoms. The van der Waals surface area contributed by atoms with Gasteiger partial charge in [-0.05, 0) is 47.0 Å². The lowest BCUT2D eigenvalue weighted by molar-refractivity contribution is 0.505. The van der Waals surface area contributed by atoms with E-state index in [0.717, 1.165) is 0 Å². The second-order valence-corrected chi connectivity index (χ2v) is 10.4. The van der Waals surface area contributed by atoms with Crippen LogP contribution in [0, 0.1) is 0 Å². The summed E-state index contributed by atoms with van der Waals surface area (Å²) >= 11 is 6.45. The average Bonchev–Trinajstić information content (AvgIpc) is 2.35. The zero-order valence-corrected chi connectivity index (χ0v) is 15.1. The Morgan fingerprint density at radius 2 is 1.75 bits per heavy atom. The minimum atomic E-state index is -3.67. The third-order valence-electron chi connectivity index (χ3n) is 3.06. The van der Waals surface area contributed by atoms with Crippen LogP contribution >= 0.6 is 31.9 Å². The third-order valence-corrected chi connectivity index (χ3v) is 7.78. The van der Waals surface area contributed by atoms with Gasteiger partial charge in [0.15, 0.2) is 0 Å². The van der Waals surface area contributed by atoms with Crippen LogP contribution in [0.3, 0.4) is 0 Å². The summed E-state index contributed by atoms with van der Waals surface area (Å²) in [6, 6.07) is 4.54. The number of sulfone groups is 1. The maximum Gasteiger partial charge on any atom is 0.241 e. The zero-order valence-electron chi connectivity index (χ0n) is 10.3. The quantitative estimate of drug-likeness (QED) is 0.770. The first-order chi connectivity index (χ1) is 9.20. The lowest BCUT2D eigenvalue weighted by atomic mass is 10.2. The molecule has 1 aliphatic heterocycles. The summed E-state index contributed by atoms with van der Waals surface area (Å²) in [6.45, 7) is 0. The summed E-state index contributed by atoms with van der Waals surface area (Å²) in [7, 11) is -6.67. The Kier molecular flexibility index (Phi) is 4.95. The van der Waals surface area contributed by atoms with Crippen LogP contribution in [0.25, 0.3) is 0 Å². The minimum Gasteiger partial charge on any atom is -0.229 e. The van der Waals surface area contributed by atoms with Gasteiger partial charge in [0, 0.05) is 15.0 Å². The fourth-order valence-electron chi connectivity index (χ4n) is 1.97. The van der Waals surface area contributed by atoms with E-state index in [4.69, 9.17) is 0 Å². The number of hydrogen-bond donors (Lipinski definition) is 1. The van der Waals surface area contributed by atoms with Crippen molar-refractivity contribution in [3.63, 3.8) is 0 Å². The van der Waals surface area contributed by atoms with Crippen LogP contribution in [0.5, 0.6) is 0 Å². The molecule has 1 saturated heterocycles. The molecule has 0 amide bonds. The molecule has 0 aliphatic carbocycles. The van der Waals surface area contributed by atoms with E-state index in [1.165, 1.54) is 6.07 Å². The maximum absolute atomic E-state index is 12.3. The second-order valence-electron chi connectivity index (χ2n) is 4.62. The predicted octanol–water partition coefficient (Wildman–Crippen LogP) is 2.07. The molecular formula is C11H13Br2NO4S2. The molecule has 0 aromatic heterocycles. The van der Waals surface area contributed by atoms with Crippen molar-refractivity contribution in [2.24, 2.45) is 0 Å². The molecule has 1 N–H and O–H groups in total. The maximum atomic E-state index is 12.3. The third kappa shape index (κ3) is 4.03. The first-order valence-electron chi connectivity index (χ1n) is 5.87. The smallest absolute Gasteiger partial charge is 0.229 e. The van der Waals surface area contributed by atoms with E-state index >= 15 is 0 Å². The largest absolute Gasteiger partial charge is 0.241 e. The van der Waals surface area contributed by atoms with Gasteiger partial charge in [0.05, 0.1) is 16.4 Å². The fraction of sp³-hybridized carbons (Fsp3) is 0.455. The highest BCUT2D eigenvalue weighted by Crippen LogP contribution is 2.26. The molecule has 0 radical (unpaired) electrons. The van der Waals surface area contributed by atoms with Crippen LogP contribution in [-0.4, -0.2) is 34.4 Å². The lowest BCUT2D eigenvalue weighted by Gasteiger charge is -2.23. The first kappa shape index (κ1) is 16.4. The highest BCUT2D eigenvalue weighted by Gasteiger charge is 2.28. The summed E-state index contributed by atoms with van der Waals surface area (Å²) in [6.07, 6.45) is 0.625. The molecule has 5 nitrogen and oxygen atoms in total. The van der Waals surface area contributed by atoms with Gasteiger partial charge in [-0.3, -0.25) is 0 Å². The van der Waals surface area contributed by atoms with E-state index in [2.05, 4.69) is 36.6 Å². The van der Waals surface area contributed by atoms with Gasteiger partial charge in [-0.15, -0.1) is 0 Å². The van der Waals surface area contributed by atoms with Crippen molar-refractivity contribution < 1.29 is 16.8 Å². The summed E-state index contributed by atoms with van der Waals surface area (Å²) in [4.78, 5) is 0.139. The van der Waals surface area contributed by atoms with Gasteiger partial charge >= 0.3 is 0 Å². The molecule has 2 rings (SSSR count). The Bertz CT molecular complexity index is 702. The van der Waals surface area contributed by atoms with E-state index in [9.17, 15) is 16.8 Å². The molecule has 20 heavy (non-hydrogen) atoms. The fourth-order valence-corrected chi connectivity index (χ4v) is 6.27. The van der Waals surface area contributed by atoms with Crippen molar-refractivity contribution in [3.05, 3.63) is 27.1 Å². The molecule has 1 fully saturated rings. The van der Waals surface area contributed by atoms with Gasteiger partial charge in [0.1, 0.15) is 9.84 Å². The number of rotatable bonds is 3. The van der Waals surface area contributed by atoms with E-state index in [-0.39, 0.29) is 22.4 Å². The van der Waals surface area contributed by atoms with Crippen LogP contribution < -0.4 is 4.72 Å². The van der Waals surface area contributed by atoms with Crippen LogP contribution in [0.4, 0.5) is 0 Å². The van der Waals surface area contributed by atoms with Gasteiger partial charge in [-0.1, -0.05) is 15.9 Å². The monoisotopic (exact) mass is 445 g/mol. The molecular weight excluding hydrogens is 434 g/mol. The standard InChI is InChI=1S/C11H13Br2NO4S2/c12-8-1-2-10(13)11(7-8)20(17,18)14-9-3-5-19(15,16)6-4-9/h1-2,7,9,14H,3-6H2. The molecule has 0 bridgehead atoms. The molecule has 0 saturated carbocycles. The van der Waals surface area contributed by atoms with Crippen LogP contribution in [-0.2, 0) is 19.9 Å². The SMILES string of the molecule is O=S1(=O)CCC(NS(=O)(=O)c2cc(Br)ccc2Br)CC1. The second kappa shape index (κ2) is 6.04. The van der Waals surface area contributed by atoms with E-state index in [1.807, 2.05) is 0 Å². The van der Waals surface area contributed by atoms with E-state index < -0.39 is 19.9 Å². The van der Waals surface area contributed by atoms with Crippen molar-refractivity contribution in [2.75, 3.05) is 11.5 Å². The van der Waals surface area contributed by atoms with Crippen molar-refractivity contribution in [2.45, 2.75) is 23.8 Å². The topological polar surface area (TPSA) is 80.3 Å². The van der Waals surface area contributed by atoms with E-state index in [0.29, 0.717) is 21.8 Å². The van der Waals surface area contributed by atoms with Gasteiger partial charge < -0.3 is 0 Å². The van der Waals surface area contributed by atoms with Gasteiger partial charge in [-0.25, -0.2) is 21.6 Å². The Balaban J connectivity index is 2.18. The number of sulfonamides is 1. The minimum absolute atomic E-state index is 0.0276. The van der Waals surface area contributed by atoms with E-state index in [1.54, 1.807) is 12.1 Å². The molecule has 9 heteroatoms. The molecule has 1 heterocycles. The molecule has 112 valence electrons. The van der Waals surface area contributed by atoms with Gasteiger partial charge in [-0.2, -0.15) is 0 Å². The summed E-state index contributed by atoms with van der Waals surface area (Å²) in [5, 5.41) is 0. The Morgan fingerprint density at radius 3 is 2.35 bits per heavy atom. The summed E-state index contributed by atoms with van der Waals surface area (Å²) in [5.41, 5.74) is 0. The number of nitrogens with one attached hydrogen (secondary N) is 1. The number of hydrogen-bond acceptors (Lipinski definition) is 4. The van der Waals surface area contributed by atoms with Crippen molar-refractivity contribution in [3.8, 4) is 0 Å². The van der Waals surface area contributed by atoms with Gasteiger partial charge in [0.2, 0.25) is 10.0 Å². The Labute approximate surface area is 135 Å². The van der Waals surface area contributed by atoms with Crippen LogP contribution in [0.1, 0.15) is 12.8 Å². The first-order valence-corrected chi connectivity index (χ1v) is 10.8. The number of benzene rings is 1. The molecule has 0 unspecified atom stereocenters. The van der Waals surface area contributed by atoms with Gasteiger partial charge in [0.25, 0.3) is 0 Å². The molecule has 0 atom stereocenters. The summed E-state index contributed by atoms with van der Waals surface area (Å²) < 4.78 is 51.0. The number of halogens is 2. The highest BCUT2D eigenvalue weighted by atomic mass is 79.9. The molecule has 1 aromatic rings. The molecule has 1 aliphatic rings. The van der Waals surface area contributed by atoms with Crippen LogP contribution in [0.15, 0.2) is 32.0 Å². The normalized spacial score (nSPS) is 19.9. The highest BCUT2D eigenvalue weighted by molar-refractivity contribution is 9.11. The Morgan fingerprint density at radius 1 is 1.15 bits per heavy atom. The van der Waals surface area contributed by atoms with Crippen molar-refractivity contribution in [1.29, 1.82) is 0 Å². The van der Waals surface area contributed by atoms with Crippen molar-refractivity contribution >= 4 is 51.7 Å². The Hall–Kier alpha value is 0.0400. The zero-order chi connectivity index (χ0) is 15.0. The average molecular weight is 447 g/mol. The van der Waals surface area contributed by atoms with Crippen molar-refractivity contribution in [1.82, 2.24) is 4.72 Å². The van der Waals surface area contributed by atoms with Crippen LogP contribution in [0.2, 0.25) is 0 Å². The predicted molar refractivity (Wildman–Crippen MR) is 83.8 cm³/mol. The lowest BCUT2D eigenvalue weighted by Crippen LogP contribution is -2.40. The summed E-state index contributed by atoms with van der Waals surface area (Å²) in [5.74, 6) is 0.0552.